The molecule has 0 radical (unpaired) electrons. The van der Waals surface area contributed by atoms with Crippen molar-refractivity contribution in [1.29, 1.82) is 0 Å². The van der Waals surface area contributed by atoms with E-state index in [0.717, 1.165) is 15.7 Å². The summed E-state index contributed by atoms with van der Waals surface area (Å²) in [6.45, 7) is 3.71. The van der Waals surface area contributed by atoms with Crippen LogP contribution in [0.4, 0.5) is 0 Å². The van der Waals surface area contributed by atoms with Crippen molar-refractivity contribution in [2.45, 2.75) is 13.8 Å². The van der Waals surface area contributed by atoms with E-state index in [4.69, 9.17) is 9.47 Å². The van der Waals surface area contributed by atoms with Crippen LogP contribution in [0.3, 0.4) is 0 Å². The second kappa shape index (κ2) is 8.49. The molecule has 0 aromatic heterocycles. The number of aryl methyl sites for hydroxylation is 1. The monoisotopic (exact) mass is 390 g/mol. The van der Waals surface area contributed by atoms with Gasteiger partial charge in [0.25, 0.3) is 5.91 Å². The number of methoxy groups -OCH3 is 1. The molecule has 1 amide bonds. The van der Waals surface area contributed by atoms with Crippen LogP contribution in [0.5, 0.6) is 11.5 Å². The summed E-state index contributed by atoms with van der Waals surface area (Å²) in [5, 5.41) is 4.09. The summed E-state index contributed by atoms with van der Waals surface area (Å²) >= 11 is 3.35. The first kappa shape index (κ1) is 18.0. The molecule has 0 aliphatic rings. The Morgan fingerprint density at radius 2 is 1.88 bits per heavy atom. The molecule has 126 valence electrons. The van der Waals surface area contributed by atoms with Gasteiger partial charge >= 0.3 is 0 Å². The van der Waals surface area contributed by atoms with Crippen molar-refractivity contribution in [2.75, 3.05) is 13.7 Å². The molecule has 2 rings (SSSR count). The second-order valence-electron chi connectivity index (χ2n) is 5.18. The maximum absolute atomic E-state index is 11.9. The largest absolute Gasteiger partial charge is 0.493 e. The predicted molar refractivity (Wildman–Crippen MR) is 97.7 cm³/mol. The molecular weight excluding hydrogens is 372 g/mol. The Morgan fingerprint density at radius 1 is 1.17 bits per heavy atom. The molecule has 0 unspecified atom stereocenters. The van der Waals surface area contributed by atoms with Gasteiger partial charge in [-0.2, -0.15) is 5.10 Å². The Bertz CT molecular complexity index is 742. The van der Waals surface area contributed by atoms with Crippen molar-refractivity contribution in [2.24, 2.45) is 5.10 Å². The van der Waals surface area contributed by atoms with Gasteiger partial charge in [-0.25, -0.2) is 5.43 Å². The maximum atomic E-state index is 11.9. The molecule has 2 aromatic rings. The Kier molecular flexibility index (Phi) is 6.37. The Labute approximate surface area is 149 Å². The molecule has 5 nitrogen and oxygen atoms in total. The van der Waals surface area contributed by atoms with Gasteiger partial charge in [0.15, 0.2) is 18.1 Å². The third-order valence-corrected chi connectivity index (χ3v) is 3.80. The van der Waals surface area contributed by atoms with E-state index in [-0.39, 0.29) is 12.5 Å². The maximum Gasteiger partial charge on any atom is 0.277 e. The summed E-state index contributed by atoms with van der Waals surface area (Å²) in [4.78, 5) is 11.9. The summed E-state index contributed by atoms with van der Waals surface area (Å²) < 4.78 is 11.6. The molecule has 0 saturated carbocycles. The fraction of sp³-hybridized carbons (Fsp3) is 0.222. The van der Waals surface area contributed by atoms with E-state index in [1.807, 2.05) is 44.2 Å². The van der Waals surface area contributed by atoms with E-state index in [9.17, 15) is 4.79 Å². The molecule has 1 N–H and O–H groups in total. The van der Waals surface area contributed by atoms with Crippen LogP contribution in [0, 0.1) is 6.92 Å². The van der Waals surface area contributed by atoms with Gasteiger partial charge in [0, 0.05) is 4.47 Å². The van der Waals surface area contributed by atoms with E-state index in [0.29, 0.717) is 11.5 Å². The fourth-order valence-electron chi connectivity index (χ4n) is 1.94. The van der Waals surface area contributed by atoms with Crippen LogP contribution < -0.4 is 14.9 Å². The first-order valence-electron chi connectivity index (χ1n) is 7.36. The minimum atomic E-state index is -0.341. The highest BCUT2D eigenvalue weighted by atomic mass is 79.9. The lowest BCUT2D eigenvalue weighted by Crippen LogP contribution is -2.25. The van der Waals surface area contributed by atoms with E-state index in [1.54, 1.807) is 19.2 Å². The smallest absolute Gasteiger partial charge is 0.277 e. The van der Waals surface area contributed by atoms with Gasteiger partial charge in [-0.15, -0.1) is 0 Å². The van der Waals surface area contributed by atoms with Crippen LogP contribution in [0.1, 0.15) is 18.1 Å². The van der Waals surface area contributed by atoms with E-state index in [1.165, 1.54) is 5.56 Å². The topological polar surface area (TPSA) is 59.9 Å². The molecule has 2 aromatic carbocycles. The van der Waals surface area contributed by atoms with Crippen molar-refractivity contribution in [3.05, 3.63) is 58.1 Å². The first-order chi connectivity index (χ1) is 11.5. The number of benzene rings is 2. The van der Waals surface area contributed by atoms with E-state index >= 15 is 0 Å². The molecule has 0 saturated heterocycles. The Morgan fingerprint density at radius 3 is 2.54 bits per heavy atom. The lowest BCUT2D eigenvalue weighted by Gasteiger charge is -2.10. The third-order valence-electron chi connectivity index (χ3n) is 3.30. The zero-order chi connectivity index (χ0) is 17.5. The average molecular weight is 391 g/mol. The SMILES string of the molecule is COc1cc(Br)ccc1OCC(=O)N/N=C(\C)c1ccc(C)cc1. The molecule has 24 heavy (non-hydrogen) atoms. The van der Waals surface area contributed by atoms with Gasteiger partial charge in [0.1, 0.15) is 0 Å². The Hall–Kier alpha value is -2.34. The second-order valence-corrected chi connectivity index (χ2v) is 6.10. The fourth-order valence-corrected chi connectivity index (χ4v) is 2.28. The van der Waals surface area contributed by atoms with Gasteiger partial charge in [-0.05, 0) is 37.6 Å². The molecular formula is C18H19BrN2O3. The number of carbonyl (C=O) groups is 1. The zero-order valence-electron chi connectivity index (χ0n) is 13.8. The van der Waals surface area contributed by atoms with Crippen molar-refractivity contribution < 1.29 is 14.3 Å². The summed E-state index contributed by atoms with van der Waals surface area (Å²) in [6.07, 6.45) is 0. The van der Waals surface area contributed by atoms with Gasteiger partial charge in [-0.1, -0.05) is 45.8 Å². The normalized spacial score (nSPS) is 11.1. The van der Waals surface area contributed by atoms with Gasteiger partial charge in [0.05, 0.1) is 12.8 Å². The summed E-state index contributed by atoms with van der Waals surface area (Å²) in [5.41, 5.74) is 5.34. The number of nitrogens with one attached hydrogen (secondary N) is 1. The Balaban J connectivity index is 1.91. The zero-order valence-corrected chi connectivity index (χ0v) is 15.4. The highest BCUT2D eigenvalue weighted by molar-refractivity contribution is 9.10. The molecule has 0 aliphatic carbocycles. The molecule has 0 bridgehead atoms. The van der Waals surface area contributed by atoms with Crippen molar-refractivity contribution in [1.82, 2.24) is 5.43 Å². The van der Waals surface area contributed by atoms with E-state index < -0.39 is 0 Å². The van der Waals surface area contributed by atoms with Crippen molar-refractivity contribution in [3.63, 3.8) is 0 Å². The third kappa shape index (κ3) is 5.09. The van der Waals surface area contributed by atoms with Crippen LogP contribution in [0.25, 0.3) is 0 Å². The number of hydrogen-bond donors (Lipinski definition) is 1. The van der Waals surface area contributed by atoms with Gasteiger partial charge in [0.2, 0.25) is 0 Å². The summed E-state index contributed by atoms with van der Waals surface area (Å²) in [5.74, 6) is 0.707. The van der Waals surface area contributed by atoms with Crippen LogP contribution in [-0.4, -0.2) is 25.3 Å². The van der Waals surface area contributed by atoms with Crippen LogP contribution >= 0.6 is 15.9 Å². The lowest BCUT2D eigenvalue weighted by atomic mass is 10.1. The number of ether oxygens (including phenoxy) is 2. The van der Waals surface area contributed by atoms with Crippen LogP contribution in [0.2, 0.25) is 0 Å². The van der Waals surface area contributed by atoms with Gasteiger partial charge in [-0.3, -0.25) is 4.79 Å². The number of amides is 1. The summed E-state index contributed by atoms with van der Waals surface area (Å²) in [7, 11) is 1.55. The highest BCUT2D eigenvalue weighted by Crippen LogP contribution is 2.29. The molecule has 0 spiro atoms. The standard InChI is InChI=1S/C18H19BrN2O3/c1-12-4-6-14(7-5-12)13(2)20-21-18(22)11-24-16-9-8-15(19)10-17(16)23-3/h4-10H,11H2,1-3H3,(H,21,22)/b20-13+. The number of carbonyl (C=O) groups excluding carboxylic acids is 1. The number of hydrazone groups is 1. The number of nitrogens with zero attached hydrogens (tertiary/aromatic N) is 1. The lowest BCUT2D eigenvalue weighted by molar-refractivity contribution is -0.123. The molecule has 6 heteroatoms. The average Bonchev–Trinajstić information content (AvgIpc) is 2.59. The van der Waals surface area contributed by atoms with Crippen molar-refractivity contribution in [3.8, 4) is 11.5 Å². The minimum absolute atomic E-state index is 0.150. The van der Waals surface area contributed by atoms with Crippen molar-refractivity contribution >= 4 is 27.5 Å². The van der Waals surface area contributed by atoms with Crippen LogP contribution in [-0.2, 0) is 4.79 Å². The molecule has 0 fully saturated rings. The minimum Gasteiger partial charge on any atom is -0.493 e. The van der Waals surface area contributed by atoms with Crippen LogP contribution in [0.15, 0.2) is 52.0 Å². The van der Waals surface area contributed by atoms with Gasteiger partial charge < -0.3 is 9.47 Å². The molecule has 0 atom stereocenters. The predicted octanol–water partition coefficient (Wildman–Crippen LogP) is 3.69. The number of halogens is 1. The quantitative estimate of drug-likeness (QED) is 0.604. The van der Waals surface area contributed by atoms with E-state index in [2.05, 4.69) is 26.5 Å². The highest BCUT2D eigenvalue weighted by Gasteiger charge is 2.08. The number of hydrogen-bond acceptors (Lipinski definition) is 4. The molecule has 0 aliphatic heterocycles. The first-order valence-corrected chi connectivity index (χ1v) is 8.15. The summed E-state index contributed by atoms with van der Waals surface area (Å²) in [6, 6.07) is 13.2. The number of rotatable bonds is 6. The molecule has 0 heterocycles.